The summed E-state index contributed by atoms with van der Waals surface area (Å²) in [6, 6.07) is 0. The Balaban J connectivity index is 2.14. The van der Waals surface area contributed by atoms with Gasteiger partial charge in [-0.1, -0.05) is 13.3 Å². The fourth-order valence-electron chi connectivity index (χ4n) is 3.20. The number of H-pyrrole nitrogens is 1. The van der Waals surface area contributed by atoms with E-state index in [0.29, 0.717) is 12.3 Å². The predicted octanol–water partition coefficient (Wildman–Crippen LogP) is 2.33. The van der Waals surface area contributed by atoms with Gasteiger partial charge < -0.3 is 4.98 Å². The number of aromatic amines is 1. The number of Topliss-reactive ketones (excluding diaryl/α,β-unsaturated/α-hetero) is 1. The van der Waals surface area contributed by atoms with Crippen molar-refractivity contribution in [1.29, 1.82) is 0 Å². The number of ketones is 1. The topological polar surface area (TPSA) is 32.9 Å². The van der Waals surface area contributed by atoms with Crippen molar-refractivity contribution in [3.05, 3.63) is 22.5 Å². The molecule has 82 valence electrons. The van der Waals surface area contributed by atoms with Crippen molar-refractivity contribution < 1.29 is 4.79 Å². The summed E-state index contributed by atoms with van der Waals surface area (Å²) in [6.45, 7) is 2.24. The SMILES string of the molecule is [B]C1CC(C)Cc2c1[nH]c1c2CCCC1=O. The monoisotopic (exact) mass is 213 g/mol. The largest absolute Gasteiger partial charge is 0.356 e. The van der Waals surface area contributed by atoms with Gasteiger partial charge in [-0.05, 0) is 42.1 Å². The van der Waals surface area contributed by atoms with E-state index < -0.39 is 0 Å². The molecule has 1 aromatic rings. The zero-order valence-electron chi connectivity index (χ0n) is 9.68. The maximum absolute atomic E-state index is 11.8. The van der Waals surface area contributed by atoms with Gasteiger partial charge >= 0.3 is 0 Å². The molecule has 3 rings (SSSR count). The van der Waals surface area contributed by atoms with Crippen LogP contribution >= 0.6 is 0 Å². The molecule has 2 unspecified atom stereocenters. The molecule has 2 radical (unpaired) electrons. The molecule has 1 N–H and O–H groups in total. The van der Waals surface area contributed by atoms with Crippen LogP contribution in [0.3, 0.4) is 0 Å². The van der Waals surface area contributed by atoms with Crippen molar-refractivity contribution in [3.8, 4) is 0 Å². The summed E-state index contributed by atoms with van der Waals surface area (Å²) >= 11 is 0. The Hall–Kier alpha value is -0.985. The summed E-state index contributed by atoms with van der Waals surface area (Å²) in [5.41, 5.74) is 4.63. The minimum Gasteiger partial charge on any atom is -0.356 e. The lowest BCUT2D eigenvalue weighted by Gasteiger charge is -2.25. The maximum atomic E-state index is 11.8. The summed E-state index contributed by atoms with van der Waals surface area (Å²) < 4.78 is 0. The third kappa shape index (κ3) is 1.37. The number of rotatable bonds is 0. The van der Waals surface area contributed by atoms with Crippen LogP contribution in [-0.4, -0.2) is 18.6 Å². The fraction of sp³-hybridized carbons (Fsp3) is 0.615. The second kappa shape index (κ2) is 3.51. The lowest BCUT2D eigenvalue weighted by atomic mass is 9.70. The number of fused-ring (bicyclic) bond motifs is 3. The van der Waals surface area contributed by atoms with E-state index in [0.717, 1.165) is 37.1 Å². The van der Waals surface area contributed by atoms with Gasteiger partial charge in [-0.2, -0.15) is 0 Å². The van der Waals surface area contributed by atoms with E-state index in [2.05, 4.69) is 11.9 Å². The van der Waals surface area contributed by atoms with Gasteiger partial charge in [0, 0.05) is 12.1 Å². The van der Waals surface area contributed by atoms with E-state index in [9.17, 15) is 4.79 Å². The molecule has 0 aliphatic heterocycles. The summed E-state index contributed by atoms with van der Waals surface area (Å²) in [5.74, 6) is 1.01. The first-order valence-electron chi connectivity index (χ1n) is 6.19. The van der Waals surface area contributed by atoms with Crippen LogP contribution in [0.1, 0.15) is 59.3 Å². The molecular formula is C13H16BNO. The molecule has 1 aromatic heterocycles. The van der Waals surface area contributed by atoms with Gasteiger partial charge in [-0.3, -0.25) is 4.79 Å². The average molecular weight is 213 g/mol. The summed E-state index contributed by atoms with van der Waals surface area (Å²) in [4.78, 5) is 15.1. The molecule has 2 atom stereocenters. The van der Waals surface area contributed by atoms with Crippen LogP contribution in [-0.2, 0) is 12.8 Å². The van der Waals surface area contributed by atoms with E-state index in [-0.39, 0.29) is 11.6 Å². The number of hydrogen-bond donors (Lipinski definition) is 1. The third-order valence-corrected chi connectivity index (χ3v) is 3.94. The molecule has 2 aliphatic rings. The van der Waals surface area contributed by atoms with Crippen LogP contribution in [0.2, 0.25) is 0 Å². The van der Waals surface area contributed by atoms with E-state index in [1.807, 2.05) is 0 Å². The van der Waals surface area contributed by atoms with Crippen LogP contribution < -0.4 is 0 Å². The third-order valence-electron chi connectivity index (χ3n) is 3.94. The molecule has 3 heteroatoms. The fourth-order valence-corrected chi connectivity index (χ4v) is 3.20. The molecule has 0 amide bonds. The summed E-state index contributed by atoms with van der Waals surface area (Å²) in [6.07, 6.45) is 4.85. The smallest absolute Gasteiger partial charge is 0.179 e. The zero-order valence-corrected chi connectivity index (χ0v) is 9.68. The quantitative estimate of drug-likeness (QED) is 0.659. The first kappa shape index (κ1) is 10.2. The van der Waals surface area contributed by atoms with Crippen molar-refractivity contribution in [2.75, 3.05) is 0 Å². The molecule has 2 nitrogen and oxygen atoms in total. The summed E-state index contributed by atoms with van der Waals surface area (Å²) in [5, 5.41) is 0. The Bertz CT molecular complexity index is 449. The molecule has 0 saturated heterocycles. The molecule has 0 bridgehead atoms. The van der Waals surface area contributed by atoms with E-state index in [4.69, 9.17) is 7.85 Å². The van der Waals surface area contributed by atoms with E-state index in [1.165, 1.54) is 11.1 Å². The van der Waals surface area contributed by atoms with Crippen LogP contribution in [0, 0.1) is 5.92 Å². The number of aromatic nitrogens is 1. The van der Waals surface area contributed by atoms with Gasteiger partial charge in [0.25, 0.3) is 0 Å². The maximum Gasteiger partial charge on any atom is 0.179 e. The molecule has 1 heterocycles. The molecule has 16 heavy (non-hydrogen) atoms. The minimum absolute atomic E-state index is 0.0946. The highest BCUT2D eigenvalue weighted by Gasteiger charge is 2.30. The van der Waals surface area contributed by atoms with Crippen molar-refractivity contribution in [3.63, 3.8) is 0 Å². The first-order valence-corrected chi connectivity index (χ1v) is 6.19. The first-order chi connectivity index (χ1) is 7.66. The van der Waals surface area contributed by atoms with E-state index >= 15 is 0 Å². The Morgan fingerprint density at radius 1 is 1.31 bits per heavy atom. The minimum atomic E-state index is 0.0946. The van der Waals surface area contributed by atoms with Gasteiger partial charge in [0.15, 0.2) is 5.78 Å². The van der Waals surface area contributed by atoms with Gasteiger partial charge in [0.05, 0.1) is 13.5 Å². The molecule has 0 saturated carbocycles. The normalized spacial score (nSPS) is 28.7. The van der Waals surface area contributed by atoms with Crippen molar-refractivity contribution in [2.45, 2.75) is 44.8 Å². The number of carbonyl (C=O) groups excluding carboxylic acids is 1. The highest BCUT2D eigenvalue weighted by molar-refractivity contribution is 6.12. The van der Waals surface area contributed by atoms with Crippen LogP contribution in [0.5, 0.6) is 0 Å². The zero-order chi connectivity index (χ0) is 11.3. The van der Waals surface area contributed by atoms with Crippen molar-refractivity contribution >= 4 is 13.6 Å². The standard InChI is InChI=1S/C13H16BNO/c1-7-5-9-8-3-2-4-11(16)13(8)15-12(9)10(14)6-7/h7,10,15H,2-6H2,1H3. The Kier molecular flexibility index (Phi) is 2.23. The van der Waals surface area contributed by atoms with Gasteiger partial charge in [-0.15, -0.1) is 0 Å². The van der Waals surface area contributed by atoms with Gasteiger partial charge in [-0.25, -0.2) is 0 Å². The Labute approximate surface area is 97.2 Å². The van der Waals surface area contributed by atoms with E-state index in [1.54, 1.807) is 0 Å². The lowest BCUT2D eigenvalue weighted by molar-refractivity contribution is 0.0968. The second-order valence-electron chi connectivity index (χ2n) is 5.30. The van der Waals surface area contributed by atoms with Crippen molar-refractivity contribution in [2.24, 2.45) is 5.92 Å². The molecule has 0 aromatic carbocycles. The molecule has 0 spiro atoms. The summed E-state index contributed by atoms with van der Waals surface area (Å²) in [7, 11) is 6.15. The Morgan fingerprint density at radius 2 is 2.12 bits per heavy atom. The highest BCUT2D eigenvalue weighted by atomic mass is 16.1. The number of carbonyl (C=O) groups is 1. The van der Waals surface area contributed by atoms with Crippen molar-refractivity contribution in [1.82, 2.24) is 4.98 Å². The van der Waals surface area contributed by atoms with Gasteiger partial charge in [0.2, 0.25) is 0 Å². The van der Waals surface area contributed by atoms with Crippen LogP contribution in [0.25, 0.3) is 0 Å². The lowest BCUT2D eigenvalue weighted by Crippen LogP contribution is -2.17. The predicted molar refractivity (Wildman–Crippen MR) is 64.0 cm³/mol. The van der Waals surface area contributed by atoms with Gasteiger partial charge in [0.1, 0.15) is 0 Å². The Morgan fingerprint density at radius 3 is 2.94 bits per heavy atom. The number of nitrogens with one attached hydrogen (secondary N) is 1. The average Bonchev–Trinajstić information content (AvgIpc) is 2.59. The highest BCUT2D eigenvalue weighted by Crippen LogP contribution is 2.38. The number of hydrogen-bond acceptors (Lipinski definition) is 1. The van der Waals surface area contributed by atoms with Crippen LogP contribution in [0.4, 0.5) is 0 Å². The second-order valence-corrected chi connectivity index (χ2v) is 5.30. The molecule has 0 fully saturated rings. The van der Waals surface area contributed by atoms with Crippen LogP contribution in [0.15, 0.2) is 0 Å². The molecular weight excluding hydrogens is 197 g/mol. The molecule has 2 aliphatic carbocycles.